The molecule has 0 fully saturated rings. The number of hydrogen-bond donors (Lipinski definition) is 1. The van der Waals surface area contributed by atoms with Crippen LogP contribution in [0.1, 0.15) is 26.7 Å². The molecule has 5 heteroatoms. The van der Waals surface area contributed by atoms with E-state index in [0.29, 0.717) is 12.8 Å². The molecule has 1 N–H and O–H groups in total. The molecule has 0 atom stereocenters. The van der Waals surface area contributed by atoms with E-state index in [2.05, 4.69) is 17.3 Å². The van der Waals surface area contributed by atoms with Crippen molar-refractivity contribution in [1.29, 1.82) is 0 Å². The standard InChI is InChI=1S/C10H18O4S/c1-5-7-9(8-6-2)10(3,4)14-15(11,12)13/h5-6,9H,1-2,7-8H2,3-4H3,(H,11,12,13). The summed E-state index contributed by atoms with van der Waals surface area (Å²) >= 11 is 0. The van der Waals surface area contributed by atoms with Crippen LogP contribution in [0.25, 0.3) is 0 Å². The fourth-order valence-corrected chi connectivity index (χ4v) is 2.08. The predicted octanol–water partition coefficient (Wildman–Crippen LogP) is 2.35. The van der Waals surface area contributed by atoms with Crippen LogP contribution in [0.2, 0.25) is 0 Å². The molecule has 0 heterocycles. The smallest absolute Gasteiger partial charge is 0.264 e. The number of rotatable bonds is 7. The van der Waals surface area contributed by atoms with Crippen LogP contribution in [0.3, 0.4) is 0 Å². The van der Waals surface area contributed by atoms with Crippen LogP contribution in [-0.4, -0.2) is 18.6 Å². The van der Waals surface area contributed by atoms with E-state index in [1.165, 1.54) is 0 Å². The molecule has 0 rings (SSSR count). The third kappa shape index (κ3) is 5.71. The van der Waals surface area contributed by atoms with Crippen LogP contribution in [0.4, 0.5) is 0 Å². The lowest BCUT2D eigenvalue weighted by Crippen LogP contribution is -2.36. The van der Waals surface area contributed by atoms with E-state index in [4.69, 9.17) is 4.55 Å². The van der Waals surface area contributed by atoms with Gasteiger partial charge in [0.05, 0.1) is 5.60 Å². The molecule has 0 saturated carbocycles. The fraction of sp³-hybridized carbons (Fsp3) is 0.600. The van der Waals surface area contributed by atoms with Crippen molar-refractivity contribution in [2.45, 2.75) is 32.3 Å². The number of allylic oxidation sites excluding steroid dienone is 2. The summed E-state index contributed by atoms with van der Waals surface area (Å²) in [7, 11) is -4.43. The van der Waals surface area contributed by atoms with Gasteiger partial charge >= 0.3 is 10.4 Å². The van der Waals surface area contributed by atoms with E-state index in [1.54, 1.807) is 26.0 Å². The molecule has 0 radical (unpaired) electrons. The van der Waals surface area contributed by atoms with Gasteiger partial charge < -0.3 is 0 Å². The van der Waals surface area contributed by atoms with Gasteiger partial charge in [0.25, 0.3) is 0 Å². The van der Waals surface area contributed by atoms with E-state index in [0.717, 1.165) is 0 Å². The minimum Gasteiger partial charge on any atom is -0.264 e. The maximum Gasteiger partial charge on any atom is 0.397 e. The second kappa shape index (κ2) is 5.44. The van der Waals surface area contributed by atoms with Crippen molar-refractivity contribution in [3.8, 4) is 0 Å². The number of hydrogen-bond acceptors (Lipinski definition) is 3. The molecule has 0 bridgehead atoms. The molecule has 0 aliphatic rings. The van der Waals surface area contributed by atoms with Gasteiger partial charge in [-0.1, -0.05) is 12.2 Å². The Bertz CT molecular complexity index is 306. The first-order valence-electron chi connectivity index (χ1n) is 4.62. The molecule has 4 nitrogen and oxygen atoms in total. The van der Waals surface area contributed by atoms with E-state index in [1.807, 2.05) is 0 Å². The van der Waals surface area contributed by atoms with Crippen molar-refractivity contribution in [2.24, 2.45) is 5.92 Å². The minimum atomic E-state index is -4.43. The summed E-state index contributed by atoms with van der Waals surface area (Å²) in [5, 5.41) is 0. The van der Waals surface area contributed by atoms with Gasteiger partial charge in [0.1, 0.15) is 0 Å². The molecule has 88 valence electrons. The highest BCUT2D eigenvalue weighted by Gasteiger charge is 2.33. The van der Waals surface area contributed by atoms with Crippen molar-refractivity contribution in [1.82, 2.24) is 0 Å². The van der Waals surface area contributed by atoms with Gasteiger partial charge in [-0.2, -0.15) is 8.42 Å². The highest BCUT2D eigenvalue weighted by atomic mass is 32.3. The van der Waals surface area contributed by atoms with E-state index >= 15 is 0 Å². The third-order valence-electron chi connectivity index (χ3n) is 2.21. The molecule has 0 spiro atoms. The molecular formula is C10H18O4S. The Labute approximate surface area is 91.6 Å². The summed E-state index contributed by atoms with van der Waals surface area (Å²) in [6.45, 7) is 10.4. The quantitative estimate of drug-likeness (QED) is 0.542. The molecule has 0 aromatic heterocycles. The molecule has 0 unspecified atom stereocenters. The van der Waals surface area contributed by atoms with Crippen molar-refractivity contribution in [3.05, 3.63) is 25.3 Å². The Balaban J connectivity index is 4.76. The third-order valence-corrected chi connectivity index (χ3v) is 2.85. The zero-order valence-electron chi connectivity index (χ0n) is 9.14. The summed E-state index contributed by atoms with van der Waals surface area (Å²) in [6.07, 6.45) is 4.55. The summed E-state index contributed by atoms with van der Waals surface area (Å²) in [6, 6.07) is 0. The Morgan fingerprint density at radius 3 is 2.00 bits per heavy atom. The summed E-state index contributed by atoms with van der Waals surface area (Å²) < 4.78 is 34.5. The zero-order valence-corrected chi connectivity index (χ0v) is 9.96. The van der Waals surface area contributed by atoms with E-state index in [-0.39, 0.29) is 5.92 Å². The summed E-state index contributed by atoms with van der Waals surface area (Å²) in [4.78, 5) is 0. The van der Waals surface area contributed by atoms with Crippen molar-refractivity contribution < 1.29 is 17.2 Å². The van der Waals surface area contributed by atoms with Gasteiger partial charge in [-0.05, 0) is 32.6 Å². The highest BCUT2D eigenvalue weighted by Crippen LogP contribution is 2.29. The average molecular weight is 234 g/mol. The van der Waals surface area contributed by atoms with Crippen molar-refractivity contribution in [3.63, 3.8) is 0 Å². The topological polar surface area (TPSA) is 63.6 Å². The molecule has 0 saturated heterocycles. The second-order valence-electron chi connectivity index (χ2n) is 3.86. The summed E-state index contributed by atoms with van der Waals surface area (Å²) in [5.41, 5.74) is -0.976. The van der Waals surface area contributed by atoms with Gasteiger partial charge in [-0.25, -0.2) is 4.18 Å². The predicted molar refractivity (Wildman–Crippen MR) is 59.8 cm³/mol. The van der Waals surface area contributed by atoms with Crippen LogP contribution < -0.4 is 0 Å². The summed E-state index contributed by atoms with van der Waals surface area (Å²) in [5.74, 6) is -0.0885. The molecule has 15 heavy (non-hydrogen) atoms. The first-order chi connectivity index (χ1) is 6.73. The Kier molecular flexibility index (Phi) is 5.20. The SMILES string of the molecule is C=CCC(CC=C)C(C)(C)OS(=O)(=O)O. The van der Waals surface area contributed by atoms with E-state index in [9.17, 15) is 8.42 Å². The molecule has 0 aromatic rings. The lowest BCUT2D eigenvalue weighted by molar-refractivity contribution is 0.0407. The van der Waals surface area contributed by atoms with Crippen LogP contribution >= 0.6 is 0 Å². The normalized spacial score (nSPS) is 12.8. The maximum atomic E-state index is 10.6. The Morgan fingerprint density at radius 1 is 1.33 bits per heavy atom. The van der Waals surface area contributed by atoms with Crippen molar-refractivity contribution >= 4 is 10.4 Å². The maximum absolute atomic E-state index is 10.6. The van der Waals surface area contributed by atoms with Crippen LogP contribution in [0.5, 0.6) is 0 Å². The molecular weight excluding hydrogens is 216 g/mol. The van der Waals surface area contributed by atoms with Gasteiger partial charge in [-0.3, -0.25) is 4.55 Å². The largest absolute Gasteiger partial charge is 0.397 e. The monoisotopic (exact) mass is 234 g/mol. The van der Waals surface area contributed by atoms with Crippen molar-refractivity contribution in [2.75, 3.05) is 0 Å². The fourth-order valence-electron chi connectivity index (χ4n) is 1.41. The van der Waals surface area contributed by atoms with Gasteiger partial charge in [0.15, 0.2) is 0 Å². The lowest BCUT2D eigenvalue weighted by atomic mass is 9.85. The van der Waals surface area contributed by atoms with Gasteiger partial charge in [0.2, 0.25) is 0 Å². The Hall–Kier alpha value is -0.650. The molecule has 0 aliphatic carbocycles. The van der Waals surface area contributed by atoms with E-state index < -0.39 is 16.0 Å². The van der Waals surface area contributed by atoms with Gasteiger partial charge in [-0.15, -0.1) is 13.2 Å². The zero-order chi connectivity index (χ0) is 12.1. The lowest BCUT2D eigenvalue weighted by Gasteiger charge is -2.31. The molecule has 0 amide bonds. The van der Waals surface area contributed by atoms with Crippen LogP contribution in [0.15, 0.2) is 25.3 Å². The minimum absolute atomic E-state index is 0.0885. The average Bonchev–Trinajstić information content (AvgIpc) is 1.99. The first kappa shape index (κ1) is 14.3. The highest BCUT2D eigenvalue weighted by molar-refractivity contribution is 7.80. The van der Waals surface area contributed by atoms with Gasteiger partial charge in [0, 0.05) is 0 Å². The van der Waals surface area contributed by atoms with Crippen LogP contribution in [0, 0.1) is 5.92 Å². The first-order valence-corrected chi connectivity index (χ1v) is 5.99. The Morgan fingerprint density at radius 2 is 1.73 bits per heavy atom. The molecule has 0 aromatic carbocycles. The van der Waals surface area contributed by atoms with Crippen LogP contribution in [-0.2, 0) is 14.6 Å². The molecule has 0 aliphatic heterocycles. The second-order valence-corrected chi connectivity index (χ2v) is 4.88.